The molecule has 0 amide bonds. The largest absolute Gasteiger partial charge is 0.493 e. The van der Waals surface area contributed by atoms with Crippen molar-refractivity contribution in [3.8, 4) is 23.0 Å². The van der Waals surface area contributed by atoms with Gasteiger partial charge in [0.25, 0.3) is 5.22 Å². The van der Waals surface area contributed by atoms with E-state index >= 15 is 0 Å². The first-order chi connectivity index (χ1) is 11.0. The second-order valence-electron chi connectivity index (χ2n) is 5.36. The van der Waals surface area contributed by atoms with Crippen molar-refractivity contribution in [1.82, 2.24) is 10.2 Å². The number of aliphatic hydroxyl groups is 2. The monoisotopic (exact) mass is 340 g/mol. The van der Waals surface area contributed by atoms with Crippen LogP contribution < -0.4 is 9.47 Å². The molecule has 126 valence electrons. The van der Waals surface area contributed by atoms with Crippen LogP contribution in [0.3, 0.4) is 0 Å². The van der Waals surface area contributed by atoms with Crippen molar-refractivity contribution >= 4 is 11.8 Å². The molecule has 7 nitrogen and oxygen atoms in total. The highest BCUT2D eigenvalue weighted by Crippen LogP contribution is 2.33. The van der Waals surface area contributed by atoms with Crippen LogP contribution >= 0.6 is 11.8 Å². The van der Waals surface area contributed by atoms with Gasteiger partial charge >= 0.3 is 0 Å². The molecule has 2 aromatic rings. The Morgan fingerprint density at radius 1 is 1.13 bits per heavy atom. The molecule has 23 heavy (non-hydrogen) atoms. The van der Waals surface area contributed by atoms with Gasteiger partial charge in [0, 0.05) is 16.7 Å². The topological polar surface area (TPSA) is 97.8 Å². The molecule has 0 fully saturated rings. The van der Waals surface area contributed by atoms with E-state index in [2.05, 4.69) is 10.2 Å². The SMILES string of the molecule is COc1ccc(-c2nnc(SCC(C)(CO)CO)o2)cc1OC. The molecule has 0 saturated carbocycles. The third-order valence-electron chi connectivity index (χ3n) is 3.34. The number of aromatic nitrogens is 2. The van der Waals surface area contributed by atoms with E-state index in [1.165, 1.54) is 11.8 Å². The summed E-state index contributed by atoms with van der Waals surface area (Å²) in [6.07, 6.45) is 0. The van der Waals surface area contributed by atoms with Crippen LogP contribution in [-0.2, 0) is 0 Å². The molecule has 1 aromatic heterocycles. The first kappa shape index (κ1) is 17.6. The van der Waals surface area contributed by atoms with Crippen molar-refractivity contribution < 1.29 is 24.1 Å². The number of benzene rings is 1. The summed E-state index contributed by atoms with van der Waals surface area (Å²) in [5.74, 6) is 2.02. The van der Waals surface area contributed by atoms with Gasteiger partial charge < -0.3 is 24.1 Å². The maximum absolute atomic E-state index is 9.29. The second kappa shape index (κ2) is 7.67. The number of hydrogen-bond acceptors (Lipinski definition) is 8. The number of thioether (sulfide) groups is 1. The predicted molar refractivity (Wildman–Crippen MR) is 85.8 cm³/mol. The fourth-order valence-electron chi connectivity index (χ4n) is 1.73. The molecular formula is C15H20N2O5S. The van der Waals surface area contributed by atoms with Crippen LogP contribution in [0, 0.1) is 5.41 Å². The Morgan fingerprint density at radius 3 is 2.43 bits per heavy atom. The molecule has 0 unspecified atom stereocenters. The van der Waals surface area contributed by atoms with E-state index < -0.39 is 5.41 Å². The van der Waals surface area contributed by atoms with Gasteiger partial charge in [0.15, 0.2) is 11.5 Å². The maximum atomic E-state index is 9.29. The third-order valence-corrected chi connectivity index (χ3v) is 4.60. The van der Waals surface area contributed by atoms with Crippen LogP contribution in [0.2, 0.25) is 0 Å². The van der Waals surface area contributed by atoms with E-state index in [1.54, 1.807) is 39.3 Å². The van der Waals surface area contributed by atoms with Gasteiger partial charge in [-0.2, -0.15) is 0 Å². The minimum absolute atomic E-state index is 0.118. The van der Waals surface area contributed by atoms with E-state index in [1.807, 2.05) is 0 Å². The molecule has 2 rings (SSSR count). The Hall–Kier alpha value is -1.77. The molecular weight excluding hydrogens is 320 g/mol. The van der Waals surface area contributed by atoms with Crippen LogP contribution in [0.25, 0.3) is 11.5 Å². The normalized spacial score (nSPS) is 11.5. The fourth-order valence-corrected chi connectivity index (χ4v) is 2.62. The van der Waals surface area contributed by atoms with Crippen LogP contribution in [0.15, 0.2) is 27.8 Å². The lowest BCUT2D eigenvalue weighted by Crippen LogP contribution is -2.28. The number of nitrogens with zero attached hydrogens (tertiary/aromatic N) is 2. The molecule has 0 atom stereocenters. The van der Waals surface area contributed by atoms with Crippen molar-refractivity contribution in [3.63, 3.8) is 0 Å². The number of hydrogen-bond donors (Lipinski definition) is 2. The summed E-state index contributed by atoms with van der Waals surface area (Å²) < 4.78 is 16.0. The van der Waals surface area contributed by atoms with E-state index in [4.69, 9.17) is 13.9 Å². The lowest BCUT2D eigenvalue weighted by Gasteiger charge is -2.22. The second-order valence-corrected chi connectivity index (χ2v) is 6.29. The number of rotatable bonds is 8. The van der Waals surface area contributed by atoms with Gasteiger partial charge in [-0.15, -0.1) is 10.2 Å². The zero-order chi connectivity index (χ0) is 16.9. The highest BCUT2D eigenvalue weighted by molar-refractivity contribution is 7.99. The fraction of sp³-hybridized carbons (Fsp3) is 0.467. The van der Waals surface area contributed by atoms with Crippen molar-refractivity contribution in [1.29, 1.82) is 0 Å². The molecule has 1 heterocycles. The van der Waals surface area contributed by atoms with E-state index in [9.17, 15) is 10.2 Å². The van der Waals surface area contributed by atoms with Crippen molar-refractivity contribution in [2.75, 3.05) is 33.2 Å². The van der Waals surface area contributed by atoms with Gasteiger partial charge in [0.2, 0.25) is 5.89 Å². The molecule has 8 heteroatoms. The van der Waals surface area contributed by atoms with Crippen LogP contribution in [-0.4, -0.2) is 53.6 Å². The average molecular weight is 340 g/mol. The highest BCUT2D eigenvalue weighted by Gasteiger charge is 2.24. The summed E-state index contributed by atoms with van der Waals surface area (Å²) >= 11 is 1.29. The first-order valence-electron chi connectivity index (χ1n) is 6.95. The van der Waals surface area contributed by atoms with Gasteiger partial charge in [-0.25, -0.2) is 0 Å². The summed E-state index contributed by atoms with van der Waals surface area (Å²) in [6, 6.07) is 5.32. The quantitative estimate of drug-likeness (QED) is 0.703. The van der Waals surface area contributed by atoms with Crippen molar-refractivity contribution in [2.24, 2.45) is 5.41 Å². The molecule has 0 saturated heterocycles. The van der Waals surface area contributed by atoms with Gasteiger partial charge in [-0.3, -0.25) is 0 Å². The Kier molecular flexibility index (Phi) is 5.86. The minimum atomic E-state index is -0.595. The first-order valence-corrected chi connectivity index (χ1v) is 7.94. The van der Waals surface area contributed by atoms with Crippen molar-refractivity contribution in [2.45, 2.75) is 12.1 Å². The smallest absolute Gasteiger partial charge is 0.276 e. The molecule has 0 aliphatic heterocycles. The zero-order valence-corrected chi connectivity index (χ0v) is 14.1. The van der Waals surface area contributed by atoms with Gasteiger partial charge in [0.05, 0.1) is 27.4 Å². The lowest BCUT2D eigenvalue weighted by atomic mass is 9.96. The van der Waals surface area contributed by atoms with Crippen molar-refractivity contribution in [3.05, 3.63) is 18.2 Å². The standard InChI is InChI=1S/C15H20N2O5S/c1-15(7-18,8-19)9-23-14-17-16-13(22-14)10-4-5-11(20-2)12(6-10)21-3/h4-6,18-19H,7-9H2,1-3H3. The molecule has 0 radical (unpaired) electrons. The number of aliphatic hydroxyl groups excluding tert-OH is 2. The van der Waals surface area contributed by atoms with Gasteiger partial charge in [0.1, 0.15) is 0 Å². The van der Waals surface area contributed by atoms with Crippen LogP contribution in [0.5, 0.6) is 11.5 Å². The Bertz CT molecular complexity index is 643. The zero-order valence-electron chi connectivity index (χ0n) is 13.3. The number of methoxy groups -OCH3 is 2. The number of ether oxygens (including phenoxy) is 2. The minimum Gasteiger partial charge on any atom is -0.493 e. The van der Waals surface area contributed by atoms with E-state index in [0.717, 1.165) is 0 Å². The maximum Gasteiger partial charge on any atom is 0.276 e. The highest BCUT2D eigenvalue weighted by atomic mass is 32.2. The molecule has 1 aromatic carbocycles. The Morgan fingerprint density at radius 2 is 1.83 bits per heavy atom. The lowest BCUT2D eigenvalue weighted by molar-refractivity contribution is 0.0893. The van der Waals surface area contributed by atoms with E-state index in [-0.39, 0.29) is 13.2 Å². The predicted octanol–water partition coefficient (Wildman–Crippen LogP) is 1.84. The summed E-state index contributed by atoms with van der Waals surface area (Å²) in [7, 11) is 3.12. The molecule has 0 aliphatic carbocycles. The summed E-state index contributed by atoms with van der Waals surface area (Å²) in [4.78, 5) is 0. The Balaban J connectivity index is 2.13. The van der Waals surface area contributed by atoms with Crippen LogP contribution in [0.1, 0.15) is 6.92 Å². The molecule has 2 N–H and O–H groups in total. The van der Waals surface area contributed by atoms with Gasteiger partial charge in [-0.05, 0) is 18.2 Å². The third kappa shape index (κ3) is 4.15. The van der Waals surface area contributed by atoms with Gasteiger partial charge in [-0.1, -0.05) is 18.7 Å². The molecule has 0 spiro atoms. The summed E-state index contributed by atoms with van der Waals surface area (Å²) in [5, 5.41) is 26.9. The van der Waals surface area contributed by atoms with Crippen LogP contribution in [0.4, 0.5) is 0 Å². The Labute approximate surface area is 138 Å². The molecule has 0 aliphatic rings. The summed E-state index contributed by atoms with van der Waals surface area (Å²) in [6.45, 7) is 1.55. The average Bonchev–Trinajstić information content (AvgIpc) is 3.08. The summed E-state index contributed by atoms with van der Waals surface area (Å²) in [5.41, 5.74) is 0.122. The molecule has 0 bridgehead atoms. The van der Waals surface area contributed by atoms with E-state index in [0.29, 0.717) is 33.9 Å².